The molecule has 0 saturated carbocycles. The number of nitrogens with zero attached hydrogens (tertiary/aromatic N) is 15. The van der Waals surface area contributed by atoms with E-state index in [9.17, 15) is 45.5 Å². The molecule has 4 N–H and O–H groups in total. The van der Waals surface area contributed by atoms with E-state index in [1.807, 2.05) is 151 Å². The molecule has 0 fully saturated rings. The van der Waals surface area contributed by atoms with Gasteiger partial charge in [-0.25, -0.2) is 29.3 Å². The number of amidine groups is 2. The minimum atomic E-state index is -0.990. The summed E-state index contributed by atoms with van der Waals surface area (Å²) in [6.45, 7) is 7.58. The largest absolute Gasteiger partial charge is 0.512 e. The smallest absolute Gasteiger partial charge is 0.354 e. The maximum atomic E-state index is 13.8. The van der Waals surface area contributed by atoms with E-state index in [1.54, 1.807) is 101 Å². The topological polar surface area (TPSA) is 290 Å². The molecule has 0 atom stereocenters. The van der Waals surface area contributed by atoms with Crippen molar-refractivity contribution < 1.29 is 187 Å². The van der Waals surface area contributed by atoms with Crippen LogP contribution in [-0.2, 0) is 146 Å². The molecular formula is C99H83F6Ir6N15O8-6. The fraction of sp³-hybridized carbons (Fsp3) is 0.101. The summed E-state index contributed by atoms with van der Waals surface area (Å²) in [6.07, 6.45) is 19.0. The number of aromatic carboxylic acids is 3. The number of hydrogen-bond donors (Lipinski definition) is 4. The summed E-state index contributed by atoms with van der Waals surface area (Å²) in [5, 5.41) is 33.3. The molecule has 16 aromatic rings. The number of likely N-dealkylation sites (N-methyl/N-ethyl adjacent to an activating group) is 1. The van der Waals surface area contributed by atoms with Crippen LogP contribution >= 0.6 is 0 Å². The number of allylic oxidation sites excluding steroid dienone is 2. The number of para-hydroxylation sites is 2. The SMILES string of the molecule is CC(=O)C=C(C)O.CN1CCN=C1c1[c-]cccc1.Cn1ccnc1-c1[c-]cc(F)cc1F.Cn1ccnc1-c1[c-]cccc1.Fc1c[c-]c(-c2nccn2-c2ccccc2)c(F)c1.Fc1c[c-]c(-c2nccn2-c2ccccc2)c(F)c1.O=C(O)c1ccccn1.O=C(O)c1ccccn1.O=C(O)c1ccccn1.[Ir].[Ir].[Ir].[Ir].[Ir].[Ir].[c-]1ccccc1C1=NCCN1Cc1ccccc1. The van der Waals surface area contributed by atoms with Crippen molar-refractivity contribution in [2.45, 2.75) is 20.4 Å². The second kappa shape index (κ2) is 61.9. The van der Waals surface area contributed by atoms with Crippen molar-refractivity contribution in [3.05, 3.63) is 440 Å². The van der Waals surface area contributed by atoms with Gasteiger partial charge in [0.2, 0.25) is 0 Å². The summed E-state index contributed by atoms with van der Waals surface area (Å²) >= 11 is 0. The quantitative estimate of drug-likeness (QED) is 0.0340. The molecule has 9 heterocycles. The average molecular weight is 2880 g/mol. The maximum Gasteiger partial charge on any atom is 0.354 e. The first-order valence-electron chi connectivity index (χ1n) is 39.0. The van der Waals surface area contributed by atoms with Gasteiger partial charge in [0.25, 0.3) is 0 Å². The number of halogens is 6. The van der Waals surface area contributed by atoms with Crippen molar-refractivity contribution in [3.63, 3.8) is 0 Å². The van der Waals surface area contributed by atoms with Gasteiger partial charge in [0.15, 0.2) is 5.78 Å². The Morgan fingerprint density at radius 1 is 0.366 bits per heavy atom. The zero-order chi connectivity index (χ0) is 91.5. The number of benzene rings is 9. The molecule has 704 valence electrons. The van der Waals surface area contributed by atoms with E-state index in [1.165, 1.54) is 62.3 Å². The van der Waals surface area contributed by atoms with E-state index in [0.29, 0.717) is 17.5 Å². The molecule has 9 aromatic carbocycles. The van der Waals surface area contributed by atoms with Crippen LogP contribution in [0.25, 0.3) is 56.9 Å². The van der Waals surface area contributed by atoms with E-state index < -0.39 is 52.8 Å². The standard InChI is InChI=1S/C16H15N2.2C15H9F2N2.C10H7F2N2.C10H11N2.C10H9N2.3C6H5NO2.C5H8O2.6Ir/c1-3-7-14(8-4-1)13-18-12-11-17-16(18)15-9-5-2-6-10-15;2*16-11-6-7-13(14(17)10-11)15-18-8-9-19(15)12-4-2-1-3-5-12;1-14-5-4-13-10(14)8-3-2-7(11)6-9(8)12;2*1-12-8-7-11-10(12)9-5-3-2-4-6-9;3*8-6(9)5-3-1-2-4-7-5;1-4(6)3-5(2)7;;;;;;/h1-9H,11-13H2;2*1-6,8-10H;2,4-6H,1H3;2-5H,7-8H2,1H3;2-5,7-8H,1H3;3*1-4H,(H,8,9);3,6H,1-2H3;;;;;;/q6*-1;;;;;;;;;;. The molecule has 0 saturated heterocycles. The summed E-state index contributed by atoms with van der Waals surface area (Å²) in [4.78, 5) is 81.1. The zero-order valence-corrected chi connectivity index (χ0v) is 86.0. The molecule has 18 rings (SSSR count). The van der Waals surface area contributed by atoms with Gasteiger partial charge in [-0.3, -0.25) is 51.1 Å². The van der Waals surface area contributed by atoms with Crippen molar-refractivity contribution in [3.8, 4) is 56.9 Å². The first-order valence-corrected chi connectivity index (χ1v) is 39.0. The number of imidazole rings is 4. The Kier molecular flexibility index (Phi) is 53.4. The van der Waals surface area contributed by atoms with Crippen LogP contribution in [0.2, 0.25) is 0 Å². The summed E-state index contributed by atoms with van der Waals surface area (Å²) in [7, 11) is 5.77. The van der Waals surface area contributed by atoms with Crippen molar-refractivity contribution in [2.75, 3.05) is 33.2 Å². The number of aliphatic hydroxyl groups is 1. The summed E-state index contributed by atoms with van der Waals surface area (Å²) in [5.74, 6) is -2.68. The molecule has 2 aliphatic rings. The summed E-state index contributed by atoms with van der Waals surface area (Å²) < 4.78 is 86.3. The predicted octanol–water partition coefficient (Wildman–Crippen LogP) is 18.6. The molecular weight excluding hydrogens is 2790 g/mol. The van der Waals surface area contributed by atoms with Gasteiger partial charge in [-0.2, -0.15) is 0 Å². The van der Waals surface area contributed by atoms with Gasteiger partial charge >= 0.3 is 17.9 Å². The molecule has 0 spiro atoms. The molecule has 23 nitrogen and oxygen atoms in total. The van der Waals surface area contributed by atoms with E-state index in [4.69, 9.17) is 20.4 Å². The Morgan fingerprint density at radius 3 is 1.01 bits per heavy atom. The number of carbonyl (C=O) groups excluding carboxylic acids is 1. The number of aliphatic hydroxyl groups excluding tert-OH is 1. The molecule has 134 heavy (non-hydrogen) atoms. The third kappa shape index (κ3) is 37.8. The Morgan fingerprint density at radius 2 is 0.701 bits per heavy atom. The molecule has 0 bridgehead atoms. The number of carboxylic acid groups (broad SMARTS) is 3. The van der Waals surface area contributed by atoms with Gasteiger partial charge in [-0.15, -0.1) is 144 Å². The van der Waals surface area contributed by atoms with Crippen LogP contribution in [0.1, 0.15) is 62.0 Å². The van der Waals surface area contributed by atoms with Crippen LogP contribution in [0.3, 0.4) is 0 Å². The summed E-state index contributed by atoms with van der Waals surface area (Å²) in [6, 6.07) is 90.4. The number of rotatable bonds is 14. The molecule has 0 amide bonds. The normalized spacial score (nSPS) is 10.8. The van der Waals surface area contributed by atoms with Gasteiger partial charge in [0, 0.05) is 300 Å². The molecule has 0 unspecified atom stereocenters. The Balaban J connectivity index is 0.000000387. The number of pyridine rings is 3. The van der Waals surface area contributed by atoms with Crippen LogP contribution in [0, 0.1) is 71.3 Å². The summed E-state index contributed by atoms with van der Waals surface area (Å²) in [5.41, 5.74) is 6.97. The monoisotopic (exact) mass is 2880 g/mol. The Hall–Kier alpha value is -12.7. The maximum absolute atomic E-state index is 13.8. The number of carbonyl (C=O) groups is 4. The van der Waals surface area contributed by atoms with Gasteiger partial charge in [0.05, 0.1) is 29.1 Å². The number of ketones is 1. The Bertz CT molecular complexity index is 6010. The zero-order valence-electron chi connectivity index (χ0n) is 71.6. The van der Waals surface area contributed by atoms with E-state index in [-0.39, 0.29) is 166 Å². The van der Waals surface area contributed by atoms with Gasteiger partial charge < -0.3 is 58.5 Å². The third-order valence-corrected chi connectivity index (χ3v) is 17.4. The van der Waals surface area contributed by atoms with E-state index in [0.717, 1.165) is 115 Å². The minimum Gasteiger partial charge on any atom is -0.512 e. The van der Waals surface area contributed by atoms with Crippen LogP contribution in [0.5, 0.6) is 0 Å². The van der Waals surface area contributed by atoms with Crippen LogP contribution in [0.15, 0.2) is 345 Å². The van der Waals surface area contributed by atoms with Gasteiger partial charge in [-0.05, 0) is 87.1 Å². The first-order chi connectivity index (χ1) is 61.9. The molecule has 2 aliphatic heterocycles. The van der Waals surface area contributed by atoms with Crippen LogP contribution in [0.4, 0.5) is 26.3 Å². The Labute approximate surface area is 851 Å². The molecule has 7 aromatic heterocycles. The minimum absolute atomic E-state index is 0. The van der Waals surface area contributed by atoms with Crippen molar-refractivity contribution in [1.29, 1.82) is 0 Å². The molecule has 35 heteroatoms. The van der Waals surface area contributed by atoms with E-state index in [2.05, 4.69) is 128 Å². The van der Waals surface area contributed by atoms with Crippen molar-refractivity contribution in [1.82, 2.24) is 63.0 Å². The van der Waals surface area contributed by atoms with Crippen LogP contribution < -0.4 is 0 Å². The number of aryl methyl sites for hydroxylation is 2. The fourth-order valence-electron chi connectivity index (χ4n) is 11.5. The predicted molar refractivity (Wildman–Crippen MR) is 474 cm³/mol. The van der Waals surface area contributed by atoms with Gasteiger partial charge in [-0.1, -0.05) is 120 Å². The first kappa shape index (κ1) is 115. The molecule has 6 radical (unpaired) electrons. The fourth-order valence-corrected chi connectivity index (χ4v) is 11.5. The van der Waals surface area contributed by atoms with Crippen molar-refractivity contribution in [2.24, 2.45) is 24.1 Å². The third-order valence-electron chi connectivity index (χ3n) is 17.4. The average Bonchev–Trinajstić information content (AvgIpc) is 1.65. The second-order valence-corrected chi connectivity index (χ2v) is 26.8. The number of aromatic nitrogens is 11. The van der Waals surface area contributed by atoms with Gasteiger partial charge in [0.1, 0.15) is 17.1 Å². The molecule has 0 aliphatic carbocycles. The van der Waals surface area contributed by atoms with E-state index >= 15 is 0 Å². The number of carboxylic acids is 3. The number of aliphatic imine (C=N–C) groups is 2. The van der Waals surface area contributed by atoms with Crippen molar-refractivity contribution >= 4 is 35.4 Å². The second-order valence-electron chi connectivity index (χ2n) is 26.8. The van der Waals surface area contributed by atoms with Crippen LogP contribution in [-0.4, -0.2) is 152 Å². The number of hydrogen-bond acceptors (Lipinski definition) is 16.